The summed E-state index contributed by atoms with van der Waals surface area (Å²) in [6.45, 7) is 8.80. The number of methoxy groups -OCH3 is 2. The minimum absolute atomic E-state index is 0.0968. The molecule has 3 atom stereocenters. The Labute approximate surface area is 219 Å². The second-order valence-electron chi connectivity index (χ2n) is 11.6. The molecule has 1 aromatic heterocycles. The third kappa shape index (κ3) is 3.94. The first kappa shape index (κ1) is 25.4. The van der Waals surface area contributed by atoms with Gasteiger partial charge in [0.2, 0.25) is 5.78 Å². The van der Waals surface area contributed by atoms with Gasteiger partial charge in [0.15, 0.2) is 0 Å². The Hall–Kier alpha value is -3.21. The summed E-state index contributed by atoms with van der Waals surface area (Å²) in [5.41, 5.74) is 5.12. The zero-order valence-electron chi connectivity index (χ0n) is 22.8. The maximum Gasteiger partial charge on any atom is 0.311 e. The average Bonchev–Trinajstić information content (AvgIpc) is 2.90. The van der Waals surface area contributed by atoms with Crippen molar-refractivity contribution in [2.24, 2.45) is 11.3 Å². The van der Waals surface area contributed by atoms with Gasteiger partial charge < -0.3 is 9.47 Å². The van der Waals surface area contributed by atoms with E-state index in [2.05, 4.69) is 39.8 Å². The number of rotatable bonds is 5. The smallest absolute Gasteiger partial charge is 0.311 e. The SMILES string of the molecule is COC(=O)[C@]1(C)CCC[C@]2(C)c3c(cc(C(C)C)c4nc(C(=O)c5ccc(OC)cc5)ccc34)CC[C@@H]12. The van der Waals surface area contributed by atoms with Crippen molar-refractivity contribution in [3.8, 4) is 5.75 Å². The highest BCUT2D eigenvalue weighted by atomic mass is 16.5. The highest BCUT2D eigenvalue weighted by molar-refractivity contribution is 6.09. The first-order valence-corrected chi connectivity index (χ1v) is 13.4. The fourth-order valence-electron chi connectivity index (χ4n) is 7.30. The lowest BCUT2D eigenvalue weighted by atomic mass is 9.49. The Morgan fingerprint density at radius 1 is 1.03 bits per heavy atom. The van der Waals surface area contributed by atoms with Crippen LogP contribution in [0.2, 0.25) is 0 Å². The molecular weight excluding hydrogens is 462 g/mol. The second-order valence-corrected chi connectivity index (χ2v) is 11.6. The summed E-state index contributed by atoms with van der Waals surface area (Å²) >= 11 is 0. The van der Waals surface area contributed by atoms with Crippen LogP contribution >= 0.6 is 0 Å². The number of pyridine rings is 1. The van der Waals surface area contributed by atoms with Crippen LogP contribution < -0.4 is 4.74 Å². The molecule has 1 heterocycles. The van der Waals surface area contributed by atoms with Gasteiger partial charge in [0.05, 0.1) is 25.2 Å². The number of hydrogen-bond donors (Lipinski definition) is 0. The molecule has 0 N–H and O–H groups in total. The van der Waals surface area contributed by atoms with Crippen LogP contribution in [0, 0.1) is 11.3 Å². The van der Waals surface area contributed by atoms with Crippen molar-refractivity contribution < 1.29 is 19.1 Å². The summed E-state index contributed by atoms with van der Waals surface area (Å²) in [4.78, 5) is 31.4. The number of esters is 1. The molecule has 37 heavy (non-hydrogen) atoms. The fraction of sp³-hybridized carbons (Fsp3) is 0.469. The number of nitrogens with zero attached hydrogens (tertiary/aromatic N) is 1. The Kier molecular flexibility index (Phi) is 6.37. The number of hydrogen-bond acceptors (Lipinski definition) is 5. The molecule has 3 aromatic rings. The lowest BCUT2D eigenvalue weighted by Crippen LogP contribution is -2.52. The van der Waals surface area contributed by atoms with Crippen LogP contribution in [0.25, 0.3) is 10.9 Å². The minimum Gasteiger partial charge on any atom is -0.497 e. The average molecular weight is 500 g/mol. The van der Waals surface area contributed by atoms with E-state index in [4.69, 9.17) is 14.5 Å². The van der Waals surface area contributed by atoms with E-state index in [9.17, 15) is 9.59 Å². The molecule has 2 aliphatic rings. The predicted molar refractivity (Wildman–Crippen MR) is 145 cm³/mol. The van der Waals surface area contributed by atoms with Crippen LogP contribution in [0.15, 0.2) is 42.5 Å². The van der Waals surface area contributed by atoms with Crippen LogP contribution in [0.4, 0.5) is 0 Å². The van der Waals surface area contributed by atoms with Crippen molar-refractivity contribution in [1.82, 2.24) is 4.98 Å². The van der Waals surface area contributed by atoms with Gasteiger partial charge in [-0.15, -0.1) is 0 Å². The molecule has 194 valence electrons. The molecule has 2 aromatic carbocycles. The monoisotopic (exact) mass is 499 g/mol. The Morgan fingerprint density at radius 3 is 2.41 bits per heavy atom. The van der Waals surface area contributed by atoms with E-state index in [1.807, 2.05) is 6.07 Å². The van der Waals surface area contributed by atoms with Gasteiger partial charge in [-0.1, -0.05) is 39.3 Å². The molecule has 5 rings (SSSR count). The summed E-state index contributed by atoms with van der Waals surface area (Å²) in [6.07, 6.45) is 4.77. The number of ether oxygens (including phenoxy) is 2. The molecular formula is C32H37NO4. The summed E-state index contributed by atoms with van der Waals surface area (Å²) in [7, 11) is 3.12. The third-order valence-corrected chi connectivity index (χ3v) is 9.15. The molecule has 0 radical (unpaired) electrons. The number of carbonyl (C=O) groups excluding carboxylic acids is 2. The molecule has 1 fully saturated rings. The van der Waals surface area contributed by atoms with Crippen molar-refractivity contribution >= 4 is 22.7 Å². The van der Waals surface area contributed by atoms with Crippen LogP contribution in [0.3, 0.4) is 0 Å². The Morgan fingerprint density at radius 2 is 1.76 bits per heavy atom. The summed E-state index contributed by atoms with van der Waals surface area (Å²) in [6, 6.07) is 13.5. The number of aromatic nitrogens is 1. The first-order valence-electron chi connectivity index (χ1n) is 13.4. The van der Waals surface area contributed by atoms with Gasteiger partial charge in [-0.3, -0.25) is 9.59 Å². The lowest BCUT2D eigenvalue weighted by molar-refractivity contribution is -0.161. The van der Waals surface area contributed by atoms with Crippen LogP contribution in [0.1, 0.15) is 92.0 Å². The van der Waals surface area contributed by atoms with E-state index < -0.39 is 5.41 Å². The zero-order valence-corrected chi connectivity index (χ0v) is 22.8. The van der Waals surface area contributed by atoms with E-state index in [0.29, 0.717) is 17.0 Å². The van der Waals surface area contributed by atoms with Gasteiger partial charge in [0.1, 0.15) is 11.4 Å². The minimum atomic E-state index is -0.500. The molecule has 0 bridgehead atoms. The number of ketones is 1. The van der Waals surface area contributed by atoms with Crippen molar-refractivity contribution in [3.05, 3.63) is 70.4 Å². The topological polar surface area (TPSA) is 65.5 Å². The van der Waals surface area contributed by atoms with E-state index in [0.717, 1.165) is 43.0 Å². The lowest BCUT2D eigenvalue weighted by Gasteiger charge is -2.54. The standard InChI is InChI=1S/C32H37NO4/c1-19(2)24-18-21-10-15-26-31(3,16-7-17-32(26,4)30(35)37-6)27(21)23-13-14-25(33-28(23)24)29(34)20-8-11-22(36-5)12-9-20/h8-9,11-14,18-19,26H,7,10,15-17H2,1-6H3/t26-,31+,32-/m1/s1. The summed E-state index contributed by atoms with van der Waals surface area (Å²) < 4.78 is 10.6. The molecule has 2 aliphatic carbocycles. The molecule has 0 unspecified atom stereocenters. The largest absolute Gasteiger partial charge is 0.497 e. The molecule has 0 saturated heterocycles. The van der Waals surface area contributed by atoms with Crippen molar-refractivity contribution in [3.63, 3.8) is 0 Å². The maximum atomic E-state index is 13.4. The number of aryl methyl sites for hydroxylation is 1. The second kappa shape index (κ2) is 9.27. The zero-order chi connectivity index (χ0) is 26.5. The third-order valence-electron chi connectivity index (χ3n) is 9.15. The van der Waals surface area contributed by atoms with Gasteiger partial charge in [0.25, 0.3) is 0 Å². The Bertz CT molecular complexity index is 1380. The molecule has 5 nitrogen and oxygen atoms in total. The summed E-state index contributed by atoms with van der Waals surface area (Å²) in [5.74, 6) is 0.981. The van der Waals surface area contributed by atoms with Gasteiger partial charge in [-0.25, -0.2) is 4.98 Å². The summed E-state index contributed by atoms with van der Waals surface area (Å²) in [5, 5.41) is 1.12. The van der Waals surface area contributed by atoms with E-state index in [-0.39, 0.29) is 29.0 Å². The highest BCUT2D eigenvalue weighted by Gasteiger charge is 2.56. The number of carbonyl (C=O) groups is 2. The molecule has 0 spiro atoms. The Balaban J connectivity index is 1.68. The van der Waals surface area contributed by atoms with Crippen molar-refractivity contribution in [1.29, 1.82) is 0 Å². The number of benzene rings is 2. The predicted octanol–water partition coefficient (Wildman–Crippen LogP) is 6.78. The number of fused-ring (bicyclic) bond motifs is 5. The molecule has 5 heteroatoms. The van der Waals surface area contributed by atoms with Gasteiger partial charge >= 0.3 is 5.97 Å². The van der Waals surface area contributed by atoms with Crippen LogP contribution in [0.5, 0.6) is 5.75 Å². The van der Waals surface area contributed by atoms with Gasteiger partial charge in [-0.2, -0.15) is 0 Å². The fourth-order valence-corrected chi connectivity index (χ4v) is 7.30. The van der Waals surface area contributed by atoms with Crippen LogP contribution in [-0.4, -0.2) is 31.0 Å². The molecule has 0 aliphatic heterocycles. The van der Waals surface area contributed by atoms with E-state index in [1.54, 1.807) is 31.4 Å². The first-order chi connectivity index (χ1) is 17.6. The highest BCUT2D eigenvalue weighted by Crippen LogP contribution is 2.59. The van der Waals surface area contributed by atoms with Crippen molar-refractivity contribution in [2.45, 2.75) is 71.1 Å². The van der Waals surface area contributed by atoms with Gasteiger partial charge in [0, 0.05) is 10.9 Å². The van der Waals surface area contributed by atoms with Gasteiger partial charge in [-0.05, 0) is 96.9 Å². The normalized spacial score (nSPS) is 24.9. The maximum absolute atomic E-state index is 13.4. The molecule has 1 saturated carbocycles. The van der Waals surface area contributed by atoms with E-state index in [1.165, 1.54) is 23.8 Å². The van der Waals surface area contributed by atoms with E-state index >= 15 is 0 Å². The van der Waals surface area contributed by atoms with Crippen molar-refractivity contribution in [2.75, 3.05) is 14.2 Å². The molecule has 0 amide bonds. The quantitative estimate of drug-likeness (QED) is 0.286. The van der Waals surface area contributed by atoms with Crippen LogP contribution in [-0.2, 0) is 21.4 Å².